The van der Waals surface area contributed by atoms with Gasteiger partial charge < -0.3 is 10.0 Å². The lowest BCUT2D eigenvalue weighted by Crippen LogP contribution is -2.44. The van der Waals surface area contributed by atoms with Crippen molar-refractivity contribution in [2.24, 2.45) is 5.92 Å². The van der Waals surface area contributed by atoms with Gasteiger partial charge in [-0.3, -0.25) is 4.79 Å². The third kappa shape index (κ3) is 4.64. The van der Waals surface area contributed by atoms with E-state index >= 15 is 0 Å². The lowest BCUT2D eigenvalue weighted by Gasteiger charge is -2.32. The van der Waals surface area contributed by atoms with Crippen LogP contribution in [-0.2, 0) is 4.79 Å². The summed E-state index contributed by atoms with van der Waals surface area (Å²) >= 11 is 0. The van der Waals surface area contributed by atoms with Crippen LogP contribution in [0.4, 0.5) is 0 Å². The minimum absolute atomic E-state index is 0.0934. The van der Waals surface area contributed by atoms with Gasteiger partial charge >= 0.3 is 0 Å². The summed E-state index contributed by atoms with van der Waals surface area (Å²) in [6, 6.07) is 9.88. The minimum atomic E-state index is -0.871. The highest BCUT2D eigenvalue weighted by Gasteiger charge is 2.30. The lowest BCUT2D eigenvalue weighted by atomic mass is 9.87. The molecular formula is C17H27NO2. The molecule has 0 aliphatic rings. The number of carbonyl (C=O) groups is 1. The Bertz CT molecular complexity index is 420. The molecule has 1 aromatic carbocycles. The standard InChI is InChI=1S/C17H27NO2/c1-6-18(12-17(4,5)20)16(19)15(13(2)3)14-10-8-7-9-11-14/h7-11,13,15,20H,6,12H2,1-5H3. The molecule has 3 nitrogen and oxygen atoms in total. The first-order valence-corrected chi connectivity index (χ1v) is 7.32. The monoisotopic (exact) mass is 277 g/mol. The van der Waals surface area contributed by atoms with E-state index in [1.807, 2.05) is 37.3 Å². The van der Waals surface area contributed by atoms with Crippen LogP contribution in [0.3, 0.4) is 0 Å². The van der Waals surface area contributed by atoms with Gasteiger partial charge in [0.25, 0.3) is 0 Å². The second kappa shape index (κ2) is 6.89. The van der Waals surface area contributed by atoms with Crippen LogP contribution in [0.5, 0.6) is 0 Å². The van der Waals surface area contributed by atoms with E-state index < -0.39 is 5.60 Å². The molecule has 3 heteroatoms. The molecule has 20 heavy (non-hydrogen) atoms. The highest BCUT2D eigenvalue weighted by molar-refractivity contribution is 5.84. The lowest BCUT2D eigenvalue weighted by molar-refractivity contribution is -0.136. The number of carbonyl (C=O) groups excluding carboxylic acids is 1. The van der Waals surface area contributed by atoms with Gasteiger partial charge in [-0.2, -0.15) is 0 Å². The number of aliphatic hydroxyl groups is 1. The topological polar surface area (TPSA) is 40.5 Å². The summed E-state index contributed by atoms with van der Waals surface area (Å²) in [6.45, 7) is 10.5. The Morgan fingerprint density at radius 3 is 2.20 bits per heavy atom. The van der Waals surface area contributed by atoms with E-state index in [0.717, 1.165) is 5.56 Å². The summed E-state index contributed by atoms with van der Waals surface area (Å²) in [5.41, 5.74) is 0.172. The Labute approximate surface area is 122 Å². The maximum atomic E-state index is 12.8. The fourth-order valence-corrected chi connectivity index (χ4v) is 2.48. The average molecular weight is 277 g/mol. The highest BCUT2D eigenvalue weighted by atomic mass is 16.3. The number of nitrogens with zero attached hydrogens (tertiary/aromatic N) is 1. The molecule has 0 spiro atoms. The van der Waals surface area contributed by atoms with Gasteiger partial charge in [0.15, 0.2) is 0 Å². The predicted octanol–water partition coefficient (Wildman–Crippen LogP) is 3.05. The molecule has 0 aromatic heterocycles. The first-order valence-electron chi connectivity index (χ1n) is 7.32. The zero-order valence-electron chi connectivity index (χ0n) is 13.3. The zero-order chi connectivity index (χ0) is 15.3. The largest absolute Gasteiger partial charge is 0.389 e. The fourth-order valence-electron chi connectivity index (χ4n) is 2.48. The SMILES string of the molecule is CCN(CC(C)(C)O)C(=O)C(c1ccccc1)C(C)C. The molecule has 1 unspecified atom stereocenters. The van der Waals surface area contributed by atoms with Crippen molar-refractivity contribution in [3.63, 3.8) is 0 Å². The first kappa shape index (κ1) is 16.7. The van der Waals surface area contributed by atoms with E-state index in [1.165, 1.54) is 0 Å². The van der Waals surface area contributed by atoms with Crippen LogP contribution in [0.15, 0.2) is 30.3 Å². The Balaban J connectivity index is 2.99. The summed E-state index contributed by atoms with van der Waals surface area (Å²) in [6.07, 6.45) is 0. The molecule has 0 aliphatic carbocycles. The number of hydrogen-bond acceptors (Lipinski definition) is 2. The van der Waals surface area contributed by atoms with Gasteiger partial charge in [-0.25, -0.2) is 0 Å². The summed E-state index contributed by atoms with van der Waals surface area (Å²) in [5, 5.41) is 9.97. The molecule has 0 saturated carbocycles. The Morgan fingerprint density at radius 1 is 1.25 bits per heavy atom. The molecule has 0 fully saturated rings. The summed E-state index contributed by atoms with van der Waals surface area (Å²) in [7, 11) is 0. The van der Waals surface area contributed by atoms with Crippen LogP contribution < -0.4 is 0 Å². The van der Waals surface area contributed by atoms with Crippen molar-refractivity contribution in [1.82, 2.24) is 4.90 Å². The van der Waals surface area contributed by atoms with Gasteiger partial charge in [-0.05, 0) is 32.3 Å². The third-order valence-electron chi connectivity index (χ3n) is 3.36. The van der Waals surface area contributed by atoms with Gasteiger partial charge in [-0.1, -0.05) is 44.2 Å². The molecule has 0 radical (unpaired) electrons. The van der Waals surface area contributed by atoms with Crippen molar-refractivity contribution in [1.29, 1.82) is 0 Å². The van der Waals surface area contributed by atoms with Crippen LogP contribution in [0, 0.1) is 5.92 Å². The number of amides is 1. The molecule has 0 heterocycles. The number of benzene rings is 1. The van der Waals surface area contributed by atoms with E-state index in [-0.39, 0.29) is 17.7 Å². The molecule has 1 atom stereocenters. The third-order valence-corrected chi connectivity index (χ3v) is 3.36. The molecule has 0 bridgehead atoms. The van der Waals surface area contributed by atoms with Crippen LogP contribution in [0.25, 0.3) is 0 Å². The molecule has 0 saturated heterocycles. The van der Waals surface area contributed by atoms with E-state index in [9.17, 15) is 9.90 Å². The number of rotatable bonds is 6. The smallest absolute Gasteiger partial charge is 0.230 e. The van der Waals surface area contributed by atoms with Crippen molar-refractivity contribution in [2.45, 2.75) is 46.1 Å². The van der Waals surface area contributed by atoms with Crippen LogP contribution in [0.1, 0.15) is 46.1 Å². The van der Waals surface area contributed by atoms with Crippen LogP contribution in [0.2, 0.25) is 0 Å². The van der Waals surface area contributed by atoms with E-state index in [0.29, 0.717) is 13.1 Å². The molecule has 1 N–H and O–H groups in total. The fraction of sp³-hybridized carbons (Fsp3) is 0.588. The Morgan fingerprint density at radius 2 is 1.80 bits per heavy atom. The summed E-state index contributed by atoms with van der Waals surface area (Å²) < 4.78 is 0. The average Bonchev–Trinajstić information content (AvgIpc) is 2.35. The van der Waals surface area contributed by atoms with E-state index in [4.69, 9.17) is 0 Å². The van der Waals surface area contributed by atoms with Crippen molar-refractivity contribution in [3.05, 3.63) is 35.9 Å². The molecular weight excluding hydrogens is 250 g/mol. The van der Waals surface area contributed by atoms with Gasteiger partial charge in [0, 0.05) is 13.1 Å². The highest BCUT2D eigenvalue weighted by Crippen LogP contribution is 2.27. The zero-order valence-corrected chi connectivity index (χ0v) is 13.3. The minimum Gasteiger partial charge on any atom is -0.389 e. The van der Waals surface area contributed by atoms with Gasteiger partial charge in [0.1, 0.15) is 0 Å². The summed E-state index contributed by atoms with van der Waals surface area (Å²) in [5.74, 6) is 0.162. The van der Waals surface area contributed by atoms with Gasteiger partial charge in [0.2, 0.25) is 5.91 Å². The molecule has 112 valence electrons. The van der Waals surface area contributed by atoms with Crippen molar-refractivity contribution >= 4 is 5.91 Å². The number of hydrogen-bond donors (Lipinski definition) is 1. The molecule has 1 rings (SSSR count). The molecule has 1 aromatic rings. The Kier molecular flexibility index (Phi) is 5.75. The number of likely N-dealkylation sites (N-methyl/N-ethyl adjacent to an activating group) is 1. The maximum absolute atomic E-state index is 12.8. The van der Waals surface area contributed by atoms with Crippen LogP contribution >= 0.6 is 0 Å². The van der Waals surface area contributed by atoms with Gasteiger partial charge in [0.05, 0.1) is 11.5 Å². The van der Waals surface area contributed by atoms with E-state index in [2.05, 4.69) is 13.8 Å². The predicted molar refractivity (Wildman–Crippen MR) is 82.6 cm³/mol. The normalized spacial score (nSPS) is 13.3. The summed E-state index contributed by atoms with van der Waals surface area (Å²) in [4.78, 5) is 14.6. The van der Waals surface area contributed by atoms with Crippen molar-refractivity contribution in [2.75, 3.05) is 13.1 Å². The quantitative estimate of drug-likeness (QED) is 0.868. The second-order valence-electron chi connectivity index (χ2n) is 6.30. The first-order chi connectivity index (χ1) is 9.26. The molecule has 1 amide bonds. The van der Waals surface area contributed by atoms with E-state index in [1.54, 1.807) is 18.7 Å². The van der Waals surface area contributed by atoms with Gasteiger partial charge in [-0.15, -0.1) is 0 Å². The maximum Gasteiger partial charge on any atom is 0.230 e. The van der Waals surface area contributed by atoms with Crippen molar-refractivity contribution < 1.29 is 9.90 Å². The Hall–Kier alpha value is -1.35. The molecule has 0 aliphatic heterocycles. The second-order valence-corrected chi connectivity index (χ2v) is 6.30. The van der Waals surface area contributed by atoms with Crippen molar-refractivity contribution in [3.8, 4) is 0 Å². The van der Waals surface area contributed by atoms with Crippen LogP contribution in [-0.4, -0.2) is 34.6 Å².